The van der Waals surface area contributed by atoms with E-state index in [1.807, 2.05) is 19.0 Å². The lowest BCUT2D eigenvalue weighted by atomic mass is 10.1. The first-order valence-corrected chi connectivity index (χ1v) is 5.84. The van der Waals surface area contributed by atoms with Gasteiger partial charge in [0.15, 0.2) is 0 Å². The van der Waals surface area contributed by atoms with E-state index >= 15 is 0 Å². The molecule has 0 atom stereocenters. The summed E-state index contributed by atoms with van der Waals surface area (Å²) in [5.74, 6) is -0.761. The number of nitrogens with zero attached hydrogens (tertiary/aromatic N) is 2. The highest BCUT2D eigenvalue weighted by atomic mass is 16.3. The monoisotopic (exact) mass is 252 g/mol. The summed E-state index contributed by atoms with van der Waals surface area (Å²) < 4.78 is 0. The molecule has 2 N–H and O–H groups in total. The van der Waals surface area contributed by atoms with Gasteiger partial charge in [0.25, 0.3) is 5.91 Å². The number of benzene rings is 1. The molecule has 0 heterocycles. The maximum absolute atomic E-state index is 12.1. The predicted molar refractivity (Wildman–Crippen MR) is 69.9 cm³/mol. The molecule has 0 aliphatic carbocycles. The number of hydrogen-bond acceptors (Lipinski definition) is 4. The minimum Gasteiger partial charge on any atom is -0.507 e. The van der Waals surface area contributed by atoms with Crippen LogP contribution < -0.4 is 0 Å². The van der Waals surface area contributed by atoms with Crippen molar-refractivity contribution in [2.24, 2.45) is 0 Å². The molecular weight excluding hydrogens is 232 g/mol. The van der Waals surface area contributed by atoms with Crippen LogP contribution >= 0.6 is 0 Å². The topological polar surface area (TPSA) is 64.0 Å². The standard InChI is InChI=1S/C13H20N2O3/c1-14(2)8-5-9-15(3)13(18)12-10(16)6-4-7-11(12)17/h4,6-7,16-17H,5,8-9H2,1-3H3. The lowest BCUT2D eigenvalue weighted by Crippen LogP contribution is -2.29. The maximum atomic E-state index is 12.1. The highest BCUT2D eigenvalue weighted by Gasteiger charge is 2.19. The Labute approximate surface area is 107 Å². The maximum Gasteiger partial charge on any atom is 0.261 e. The first-order valence-electron chi connectivity index (χ1n) is 5.84. The summed E-state index contributed by atoms with van der Waals surface area (Å²) in [4.78, 5) is 15.6. The highest BCUT2D eigenvalue weighted by molar-refractivity contribution is 5.99. The second kappa shape index (κ2) is 6.26. The largest absolute Gasteiger partial charge is 0.507 e. The fourth-order valence-corrected chi connectivity index (χ4v) is 1.66. The van der Waals surface area contributed by atoms with E-state index in [0.29, 0.717) is 6.54 Å². The minimum absolute atomic E-state index is 0.0372. The smallest absolute Gasteiger partial charge is 0.261 e. The van der Waals surface area contributed by atoms with Crippen LogP contribution in [0.5, 0.6) is 11.5 Å². The van der Waals surface area contributed by atoms with E-state index in [1.54, 1.807) is 7.05 Å². The quantitative estimate of drug-likeness (QED) is 0.824. The van der Waals surface area contributed by atoms with Crippen LogP contribution in [0.2, 0.25) is 0 Å². The van der Waals surface area contributed by atoms with Gasteiger partial charge in [0.05, 0.1) is 0 Å². The molecule has 0 aromatic heterocycles. The zero-order valence-electron chi connectivity index (χ0n) is 11.1. The fourth-order valence-electron chi connectivity index (χ4n) is 1.66. The van der Waals surface area contributed by atoms with Gasteiger partial charge in [0.2, 0.25) is 0 Å². The van der Waals surface area contributed by atoms with Gasteiger partial charge in [-0.15, -0.1) is 0 Å². The second-order valence-electron chi connectivity index (χ2n) is 4.55. The zero-order valence-corrected chi connectivity index (χ0v) is 11.1. The van der Waals surface area contributed by atoms with Crippen LogP contribution in [0, 0.1) is 0 Å². The predicted octanol–water partition coefficient (Wildman–Crippen LogP) is 1.12. The second-order valence-corrected chi connectivity index (χ2v) is 4.55. The molecule has 0 spiro atoms. The summed E-state index contributed by atoms with van der Waals surface area (Å²) in [6, 6.07) is 4.27. The molecule has 0 saturated heterocycles. The van der Waals surface area contributed by atoms with Gasteiger partial charge in [-0.25, -0.2) is 0 Å². The lowest BCUT2D eigenvalue weighted by molar-refractivity contribution is 0.0784. The summed E-state index contributed by atoms with van der Waals surface area (Å²) in [6.07, 6.45) is 0.837. The molecule has 5 nitrogen and oxygen atoms in total. The molecule has 0 fully saturated rings. The number of aromatic hydroxyl groups is 2. The van der Waals surface area contributed by atoms with Crippen LogP contribution in [0.3, 0.4) is 0 Å². The third-order valence-corrected chi connectivity index (χ3v) is 2.68. The summed E-state index contributed by atoms with van der Waals surface area (Å²) >= 11 is 0. The average molecular weight is 252 g/mol. The van der Waals surface area contributed by atoms with E-state index in [0.717, 1.165) is 13.0 Å². The Kier molecular flexibility index (Phi) is 4.97. The van der Waals surface area contributed by atoms with Gasteiger partial charge in [0, 0.05) is 13.6 Å². The molecule has 0 aliphatic rings. The van der Waals surface area contributed by atoms with Crippen molar-refractivity contribution in [3.63, 3.8) is 0 Å². The van der Waals surface area contributed by atoms with Gasteiger partial charge in [0.1, 0.15) is 17.1 Å². The van der Waals surface area contributed by atoms with E-state index in [9.17, 15) is 15.0 Å². The molecule has 0 radical (unpaired) electrons. The van der Waals surface area contributed by atoms with Crippen LogP contribution in [0.4, 0.5) is 0 Å². The molecule has 1 amide bonds. The van der Waals surface area contributed by atoms with Crippen molar-refractivity contribution in [2.45, 2.75) is 6.42 Å². The minimum atomic E-state index is -0.371. The Morgan fingerprint density at radius 2 is 1.67 bits per heavy atom. The molecule has 0 bridgehead atoms. The van der Waals surface area contributed by atoms with Crippen molar-refractivity contribution in [3.05, 3.63) is 23.8 Å². The summed E-state index contributed by atoms with van der Waals surface area (Å²) in [5.41, 5.74) is -0.0372. The van der Waals surface area contributed by atoms with E-state index in [1.165, 1.54) is 23.1 Å². The van der Waals surface area contributed by atoms with Crippen molar-refractivity contribution in [1.29, 1.82) is 0 Å². The van der Waals surface area contributed by atoms with E-state index in [-0.39, 0.29) is 23.0 Å². The van der Waals surface area contributed by atoms with Crippen molar-refractivity contribution < 1.29 is 15.0 Å². The number of phenols is 2. The van der Waals surface area contributed by atoms with Crippen molar-refractivity contribution in [1.82, 2.24) is 9.80 Å². The van der Waals surface area contributed by atoms with Crippen LogP contribution in [0.25, 0.3) is 0 Å². The Hall–Kier alpha value is -1.75. The van der Waals surface area contributed by atoms with Gasteiger partial charge < -0.3 is 20.0 Å². The third-order valence-electron chi connectivity index (χ3n) is 2.68. The van der Waals surface area contributed by atoms with Gasteiger partial charge in [-0.05, 0) is 39.2 Å². The molecule has 0 aliphatic heterocycles. The van der Waals surface area contributed by atoms with Crippen LogP contribution in [-0.4, -0.2) is 60.2 Å². The molecular formula is C13H20N2O3. The summed E-state index contributed by atoms with van der Waals surface area (Å²) in [7, 11) is 5.59. The Morgan fingerprint density at radius 1 is 1.11 bits per heavy atom. The molecule has 5 heteroatoms. The van der Waals surface area contributed by atoms with E-state index in [2.05, 4.69) is 0 Å². The third kappa shape index (κ3) is 3.63. The first kappa shape index (κ1) is 14.3. The van der Waals surface area contributed by atoms with Gasteiger partial charge in [-0.1, -0.05) is 6.07 Å². The average Bonchev–Trinajstić information content (AvgIpc) is 2.27. The van der Waals surface area contributed by atoms with E-state index in [4.69, 9.17) is 0 Å². The number of amides is 1. The molecule has 0 saturated carbocycles. The molecule has 0 unspecified atom stereocenters. The number of hydrogen-bond donors (Lipinski definition) is 2. The number of carbonyl (C=O) groups excluding carboxylic acids is 1. The molecule has 18 heavy (non-hydrogen) atoms. The lowest BCUT2D eigenvalue weighted by Gasteiger charge is -2.19. The number of carbonyl (C=O) groups is 1. The van der Waals surface area contributed by atoms with Gasteiger partial charge >= 0.3 is 0 Å². The van der Waals surface area contributed by atoms with Gasteiger partial charge in [-0.2, -0.15) is 0 Å². The first-order chi connectivity index (χ1) is 8.43. The Bertz CT molecular complexity index is 398. The van der Waals surface area contributed by atoms with E-state index < -0.39 is 0 Å². The highest BCUT2D eigenvalue weighted by Crippen LogP contribution is 2.27. The van der Waals surface area contributed by atoms with Crippen LogP contribution in [0.1, 0.15) is 16.8 Å². The molecule has 1 aromatic rings. The van der Waals surface area contributed by atoms with Crippen LogP contribution in [-0.2, 0) is 0 Å². The van der Waals surface area contributed by atoms with Crippen molar-refractivity contribution in [2.75, 3.05) is 34.2 Å². The van der Waals surface area contributed by atoms with Crippen molar-refractivity contribution >= 4 is 5.91 Å². The molecule has 1 rings (SSSR count). The van der Waals surface area contributed by atoms with Crippen molar-refractivity contribution in [3.8, 4) is 11.5 Å². The SMILES string of the molecule is CN(C)CCCN(C)C(=O)c1c(O)cccc1O. The summed E-state index contributed by atoms with van der Waals surface area (Å²) in [6.45, 7) is 1.45. The summed E-state index contributed by atoms with van der Waals surface area (Å²) in [5, 5.41) is 19.2. The van der Waals surface area contributed by atoms with Crippen LogP contribution in [0.15, 0.2) is 18.2 Å². The number of phenolic OH excluding ortho intramolecular Hbond substituents is 2. The number of rotatable bonds is 5. The Morgan fingerprint density at radius 3 is 2.17 bits per heavy atom. The zero-order chi connectivity index (χ0) is 13.7. The Balaban J connectivity index is 2.69. The molecule has 100 valence electrons. The fraction of sp³-hybridized carbons (Fsp3) is 0.462. The van der Waals surface area contributed by atoms with Gasteiger partial charge in [-0.3, -0.25) is 4.79 Å². The molecule has 1 aromatic carbocycles. The normalized spacial score (nSPS) is 10.7.